The van der Waals surface area contributed by atoms with Crippen molar-refractivity contribution in [1.82, 2.24) is 0 Å². The summed E-state index contributed by atoms with van der Waals surface area (Å²) in [5.41, 5.74) is 2.35. The van der Waals surface area contributed by atoms with Gasteiger partial charge >= 0.3 is 6.84 Å². The van der Waals surface area contributed by atoms with E-state index in [1.807, 2.05) is 36.4 Å². The van der Waals surface area contributed by atoms with Crippen molar-refractivity contribution in [2.24, 2.45) is 0 Å². The van der Waals surface area contributed by atoms with Crippen molar-refractivity contribution in [3.05, 3.63) is 59.8 Å². The zero-order valence-electron chi connectivity index (χ0n) is 11.4. The van der Waals surface area contributed by atoms with Gasteiger partial charge in [-0.15, -0.1) is 0 Å². The predicted octanol–water partition coefficient (Wildman–Crippen LogP) is 3.63. The number of halogens is 2. The Morgan fingerprint density at radius 3 is 2.35 bits per heavy atom. The van der Waals surface area contributed by atoms with E-state index >= 15 is 0 Å². The maximum Gasteiger partial charge on any atom is 0.586 e. The van der Waals surface area contributed by atoms with Crippen LogP contribution in [0.2, 0.25) is 0 Å². The van der Waals surface area contributed by atoms with Crippen molar-refractivity contribution in [1.29, 1.82) is 0 Å². The van der Waals surface area contributed by atoms with E-state index in [1.165, 1.54) is 6.20 Å². The van der Waals surface area contributed by atoms with Crippen LogP contribution in [-0.4, -0.2) is 6.84 Å². The topological polar surface area (TPSA) is 15.9 Å². The zero-order chi connectivity index (χ0) is 14.3. The summed E-state index contributed by atoms with van der Waals surface area (Å²) >= 11 is 0. The largest absolute Gasteiger partial charge is 0.586 e. The molecule has 0 saturated heterocycles. The molecule has 5 heteroatoms. The first kappa shape index (κ1) is 12.8. The number of allylic oxidation sites excluding steroid dienone is 1. The highest BCUT2D eigenvalue weighted by atomic mass is 19.2. The fourth-order valence-corrected chi connectivity index (χ4v) is 2.53. The van der Waals surface area contributed by atoms with Gasteiger partial charge in [0.2, 0.25) is 5.82 Å². The van der Waals surface area contributed by atoms with E-state index in [0.29, 0.717) is 11.4 Å². The maximum atomic E-state index is 14.5. The van der Waals surface area contributed by atoms with Crippen molar-refractivity contribution in [2.45, 2.75) is 13.8 Å². The number of nitrogens with one attached hydrogen (secondary N) is 1. The van der Waals surface area contributed by atoms with Crippen molar-refractivity contribution < 1.29 is 13.1 Å². The molecule has 2 heterocycles. The molecule has 2 aromatic rings. The van der Waals surface area contributed by atoms with Gasteiger partial charge in [-0.1, -0.05) is 35.9 Å². The Bertz CT molecular complexity index is 692. The van der Waals surface area contributed by atoms with E-state index < -0.39 is 6.84 Å². The van der Waals surface area contributed by atoms with Gasteiger partial charge in [0, 0.05) is 11.6 Å². The molecule has 0 bridgehead atoms. The minimum atomic E-state index is -3.75. The molecule has 1 aliphatic heterocycles. The second-order valence-electron chi connectivity index (χ2n) is 5.24. The third kappa shape index (κ3) is 1.90. The van der Waals surface area contributed by atoms with Gasteiger partial charge in [-0.3, -0.25) is 5.32 Å². The van der Waals surface area contributed by atoms with E-state index in [1.54, 1.807) is 19.9 Å². The van der Waals surface area contributed by atoms with E-state index in [9.17, 15) is 8.63 Å². The SMILES string of the molecule is CC(C)=C1Nc2ccc(-c3ccccc3)c[n+]2[B-]1(F)F. The number of anilines is 1. The molecule has 1 N–H and O–H groups in total. The molecule has 1 aromatic carbocycles. The Morgan fingerprint density at radius 2 is 1.70 bits per heavy atom. The van der Waals surface area contributed by atoms with Crippen LogP contribution in [0, 0.1) is 0 Å². The number of nitrogens with zero attached hydrogens (tertiary/aromatic N) is 1. The van der Waals surface area contributed by atoms with Crippen LogP contribution >= 0.6 is 0 Å². The lowest BCUT2D eigenvalue weighted by Gasteiger charge is -2.16. The van der Waals surface area contributed by atoms with Crippen LogP contribution < -0.4 is 9.79 Å². The Hall–Kier alpha value is -2.17. The standard InChI is InChI=1S/C15H15BF2N2/c1-11(2)15-16(17,18)20-10-13(8-9-14(20)19-15)12-6-4-3-5-7-12/h3-10,19H,1-2H3. The van der Waals surface area contributed by atoms with Gasteiger partial charge in [-0.2, -0.15) is 0 Å². The van der Waals surface area contributed by atoms with Gasteiger partial charge in [0.15, 0.2) is 0 Å². The first-order chi connectivity index (χ1) is 9.50. The molecule has 102 valence electrons. The van der Waals surface area contributed by atoms with E-state index in [2.05, 4.69) is 5.32 Å². The minimum Gasteiger partial charge on any atom is -0.430 e. The number of fused-ring (bicyclic) bond motifs is 1. The number of hydrogen-bond donors (Lipinski definition) is 1. The van der Waals surface area contributed by atoms with Gasteiger partial charge < -0.3 is 13.1 Å². The van der Waals surface area contributed by atoms with Gasteiger partial charge in [-0.25, -0.2) is 0 Å². The van der Waals surface area contributed by atoms with Crippen molar-refractivity contribution in [3.63, 3.8) is 0 Å². The normalized spacial score (nSPS) is 15.7. The monoisotopic (exact) mass is 272 g/mol. The second kappa shape index (κ2) is 4.44. The maximum absolute atomic E-state index is 14.5. The van der Waals surface area contributed by atoms with E-state index in [-0.39, 0.29) is 5.60 Å². The molecule has 0 atom stereocenters. The smallest absolute Gasteiger partial charge is 0.430 e. The van der Waals surface area contributed by atoms with E-state index in [4.69, 9.17) is 0 Å². The second-order valence-corrected chi connectivity index (χ2v) is 5.24. The van der Waals surface area contributed by atoms with Crippen molar-refractivity contribution >= 4 is 12.7 Å². The Balaban J connectivity index is 2.13. The lowest BCUT2D eigenvalue weighted by atomic mass is 9.74. The number of rotatable bonds is 1. The lowest BCUT2D eigenvalue weighted by molar-refractivity contribution is -0.542. The number of aromatic nitrogens is 1. The van der Waals surface area contributed by atoms with Crippen LogP contribution in [-0.2, 0) is 0 Å². The molecule has 0 aliphatic carbocycles. The molecule has 3 rings (SSSR count). The quantitative estimate of drug-likeness (QED) is 0.784. The van der Waals surface area contributed by atoms with E-state index in [0.717, 1.165) is 15.6 Å². The first-order valence-electron chi connectivity index (χ1n) is 6.58. The highest BCUT2D eigenvalue weighted by Crippen LogP contribution is 2.29. The Labute approximate surface area is 116 Å². The molecule has 0 spiro atoms. The third-order valence-corrected chi connectivity index (χ3v) is 3.58. The molecule has 1 aromatic heterocycles. The van der Waals surface area contributed by atoms with Crippen molar-refractivity contribution in [2.75, 3.05) is 5.32 Å². The highest BCUT2D eigenvalue weighted by Gasteiger charge is 2.48. The number of hydrogen-bond acceptors (Lipinski definition) is 1. The summed E-state index contributed by atoms with van der Waals surface area (Å²) in [6, 6.07) is 13.1. The van der Waals surface area contributed by atoms with Crippen LogP contribution in [0.4, 0.5) is 14.4 Å². The molecule has 0 unspecified atom stereocenters. The minimum absolute atomic E-state index is 0.0233. The number of pyridine rings is 1. The first-order valence-corrected chi connectivity index (χ1v) is 6.58. The summed E-state index contributed by atoms with van der Waals surface area (Å²) in [5, 5.41) is 2.82. The van der Waals surface area contributed by atoms with Crippen LogP contribution in [0.25, 0.3) is 11.1 Å². The summed E-state index contributed by atoms with van der Waals surface area (Å²) in [7, 11) is 0. The fourth-order valence-electron chi connectivity index (χ4n) is 2.53. The fraction of sp³-hybridized carbons (Fsp3) is 0.133. The number of benzene rings is 1. The molecule has 20 heavy (non-hydrogen) atoms. The summed E-state index contributed by atoms with van der Waals surface area (Å²) in [4.78, 5) is 0. The Kier molecular flexibility index (Phi) is 2.85. The Morgan fingerprint density at radius 1 is 1.00 bits per heavy atom. The van der Waals surface area contributed by atoms with Gasteiger partial charge in [0.25, 0.3) is 0 Å². The van der Waals surface area contributed by atoms with Gasteiger partial charge in [0.1, 0.15) is 0 Å². The summed E-state index contributed by atoms with van der Waals surface area (Å²) in [6.45, 7) is -0.356. The van der Waals surface area contributed by atoms with Crippen LogP contribution in [0.1, 0.15) is 13.8 Å². The van der Waals surface area contributed by atoms with Gasteiger partial charge in [-0.05, 0) is 25.5 Å². The van der Waals surface area contributed by atoms with Gasteiger partial charge in [0.05, 0.1) is 11.8 Å². The average Bonchev–Trinajstić information content (AvgIpc) is 2.71. The average molecular weight is 272 g/mol. The van der Waals surface area contributed by atoms with Crippen molar-refractivity contribution in [3.8, 4) is 11.1 Å². The molecule has 0 amide bonds. The third-order valence-electron chi connectivity index (χ3n) is 3.58. The molecular formula is C15H15BF2N2. The van der Waals surface area contributed by atoms with Crippen LogP contribution in [0.15, 0.2) is 59.8 Å². The summed E-state index contributed by atoms with van der Waals surface area (Å²) < 4.78 is 30.0. The molecule has 1 aliphatic rings. The predicted molar refractivity (Wildman–Crippen MR) is 77.4 cm³/mol. The summed E-state index contributed by atoms with van der Waals surface area (Å²) in [5.74, 6) is 0.436. The molecule has 0 saturated carbocycles. The van der Waals surface area contributed by atoms with Crippen LogP contribution in [0.5, 0.6) is 0 Å². The molecule has 0 fully saturated rings. The molecular weight excluding hydrogens is 257 g/mol. The molecule has 2 nitrogen and oxygen atoms in total. The summed E-state index contributed by atoms with van der Waals surface area (Å²) in [6.07, 6.45) is 1.52. The lowest BCUT2D eigenvalue weighted by Crippen LogP contribution is -2.56. The molecule has 0 radical (unpaired) electrons. The highest BCUT2D eigenvalue weighted by molar-refractivity contribution is 6.67. The van der Waals surface area contributed by atoms with Crippen LogP contribution in [0.3, 0.4) is 0 Å². The zero-order valence-corrected chi connectivity index (χ0v) is 11.4.